The van der Waals surface area contributed by atoms with E-state index in [0.29, 0.717) is 17.0 Å². The van der Waals surface area contributed by atoms with Crippen LogP contribution in [-0.4, -0.2) is 30.5 Å². The number of hydrogen-bond acceptors (Lipinski definition) is 5. The molecule has 1 aromatic rings. The van der Waals surface area contributed by atoms with Gasteiger partial charge in [-0.25, -0.2) is 0 Å². The van der Waals surface area contributed by atoms with Crippen molar-refractivity contribution in [2.24, 2.45) is 5.92 Å². The van der Waals surface area contributed by atoms with E-state index in [2.05, 4.69) is 16.7 Å². The Hall–Kier alpha value is -1.03. The Morgan fingerprint density at radius 2 is 2.50 bits per heavy atom. The highest BCUT2D eigenvalue weighted by molar-refractivity contribution is 7.99. The van der Waals surface area contributed by atoms with Crippen molar-refractivity contribution in [3.05, 3.63) is 17.0 Å². The van der Waals surface area contributed by atoms with Crippen molar-refractivity contribution in [2.45, 2.75) is 6.42 Å². The topological polar surface area (TPSA) is 64.9 Å². The fraction of sp³-hybridized carbons (Fsp3) is 0.500. The van der Waals surface area contributed by atoms with Crippen LogP contribution >= 0.6 is 23.1 Å². The number of nitrogens with zero attached hydrogens (tertiary/aromatic N) is 1. The van der Waals surface area contributed by atoms with E-state index in [0.717, 1.165) is 30.5 Å². The molecule has 0 aromatic carbocycles. The van der Waals surface area contributed by atoms with E-state index in [9.17, 15) is 4.79 Å². The van der Waals surface area contributed by atoms with Crippen LogP contribution in [0.3, 0.4) is 0 Å². The minimum absolute atomic E-state index is 0.00631. The van der Waals surface area contributed by atoms with Crippen LogP contribution in [0, 0.1) is 17.2 Å². The minimum Gasteiger partial charge on any atom is -0.317 e. The van der Waals surface area contributed by atoms with Gasteiger partial charge in [-0.1, -0.05) is 0 Å². The SMILES string of the molecule is N#Cc1ccsc1NC(=O)CCSCC1CNC1. The number of thioether (sulfide) groups is 1. The standard InChI is InChI=1S/C12H15N3OS2/c13-5-10-1-4-18-12(10)15-11(16)2-3-17-8-9-6-14-7-9/h1,4,9,14H,2-3,6-8H2,(H,15,16). The predicted molar refractivity (Wildman–Crippen MR) is 76.0 cm³/mol. The van der Waals surface area contributed by atoms with Crippen molar-refractivity contribution < 1.29 is 4.79 Å². The lowest BCUT2D eigenvalue weighted by molar-refractivity contribution is -0.115. The zero-order chi connectivity index (χ0) is 12.8. The lowest BCUT2D eigenvalue weighted by Gasteiger charge is -2.26. The van der Waals surface area contributed by atoms with E-state index < -0.39 is 0 Å². The average molecular weight is 281 g/mol. The maximum atomic E-state index is 11.7. The largest absolute Gasteiger partial charge is 0.317 e. The molecule has 1 aliphatic heterocycles. The molecule has 2 rings (SSSR count). The van der Waals surface area contributed by atoms with Crippen LogP contribution in [0.25, 0.3) is 0 Å². The van der Waals surface area contributed by atoms with Crippen molar-refractivity contribution in [2.75, 3.05) is 29.9 Å². The number of carbonyl (C=O) groups is 1. The number of rotatable bonds is 6. The second kappa shape index (κ2) is 6.78. The molecule has 1 aliphatic rings. The van der Waals surface area contributed by atoms with Gasteiger partial charge in [-0.3, -0.25) is 4.79 Å². The number of amides is 1. The van der Waals surface area contributed by atoms with Crippen LogP contribution in [0.5, 0.6) is 0 Å². The molecule has 0 unspecified atom stereocenters. The van der Waals surface area contributed by atoms with Crippen molar-refractivity contribution in [1.29, 1.82) is 5.26 Å². The van der Waals surface area contributed by atoms with Gasteiger partial charge >= 0.3 is 0 Å². The molecule has 0 bridgehead atoms. The summed E-state index contributed by atoms with van der Waals surface area (Å²) in [6.07, 6.45) is 0.508. The molecule has 18 heavy (non-hydrogen) atoms. The summed E-state index contributed by atoms with van der Waals surface area (Å²) in [4.78, 5) is 11.7. The molecule has 1 fully saturated rings. The highest BCUT2D eigenvalue weighted by Crippen LogP contribution is 2.22. The second-order valence-corrected chi connectivity index (χ2v) is 6.24. The first kappa shape index (κ1) is 13.4. The zero-order valence-corrected chi connectivity index (χ0v) is 11.6. The van der Waals surface area contributed by atoms with E-state index in [1.165, 1.54) is 11.3 Å². The molecular weight excluding hydrogens is 266 g/mol. The number of thiophene rings is 1. The van der Waals surface area contributed by atoms with E-state index >= 15 is 0 Å². The molecule has 6 heteroatoms. The summed E-state index contributed by atoms with van der Waals surface area (Å²) in [7, 11) is 0. The van der Waals surface area contributed by atoms with Crippen LogP contribution in [0.4, 0.5) is 5.00 Å². The molecular formula is C12H15N3OS2. The van der Waals surface area contributed by atoms with E-state index in [1.807, 2.05) is 17.1 Å². The predicted octanol–water partition coefficient (Wildman–Crippen LogP) is 1.90. The molecule has 0 atom stereocenters. The monoisotopic (exact) mass is 281 g/mol. The molecule has 0 saturated carbocycles. The molecule has 0 spiro atoms. The van der Waals surface area contributed by atoms with Gasteiger partial charge in [0.05, 0.1) is 5.56 Å². The van der Waals surface area contributed by atoms with Gasteiger partial charge in [0, 0.05) is 12.2 Å². The normalized spacial score (nSPS) is 14.8. The van der Waals surface area contributed by atoms with Crippen molar-refractivity contribution in [1.82, 2.24) is 5.32 Å². The van der Waals surface area contributed by atoms with Gasteiger partial charge in [0.25, 0.3) is 0 Å². The summed E-state index contributed by atoms with van der Waals surface area (Å²) in [6.45, 7) is 2.22. The lowest BCUT2D eigenvalue weighted by Crippen LogP contribution is -2.43. The van der Waals surface area contributed by atoms with Crippen molar-refractivity contribution >= 4 is 34.0 Å². The first-order valence-corrected chi connectivity index (χ1v) is 7.89. The Kier molecular flexibility index (Phi) is 5.05. The van der Waals surface area contributed by atoms with Crippen LogP contribution in [0.1, 0.15) is 12.0 Å². The van der Waals surface area contributed by atoms with Gasteiger partial charge in [0.2, 0.25) is 5.91 Å². The summed E-state index contributed by atoms with van der Waals surface area (Å²) in [5.74, 6) is 2.74. The smallest absolute Gasteiger partial charge is 0.225 e. The Morgan fingerprint density at radius 1 is 1.67 bits per heavy atom. The molecule has 1 amide bonds. The van der Waals surface area contributed by atoms with Crippen LogP contribution < -0.4 is 10.6 Å². The van der Waals surface area contributed by atoms with Gasteiger partial charge in [0.1, 0.15) is 11.1 Å². The average Bonchev–Trinajstić information content (AvgIpc) is 2.73. The van der Waals surface area contributed by atoms with E-state index in [1.54, 1.807) is 6.07 Å². The van der Waals surface area contributed by atoms with Gasteiger partial charge in [-0.2, -0.15) is 17.0 Å². The number of hydrogen-bond donors (Lipinski definition) is 2. The van der Waals surface area contributed by atoms with Gasteiger partial charge in [-0.05, 0) is 36.2 Å². The maximum absolute atomic E-state index is 11.7. The number of carbonyl (C=O) groups excluding carboxylic acids is 1. The highest BCUT2D eigenvalue weighted by atomic mass is 32.2. The van der Waals surface area contributed by atoms with Crippen LogP contribution in [-0.2, 0) is 4.79 Å². The summed E-state index contributed by atoms with van der Waals surface area (Å²) < 4.78 is 0. The summed E-state index contributed by atoms with van der Waals surface area (Å²) in [5.41, 5.74) is 0.543. The molecule has 0 radical (unpaired) electrons. The van der Waals surface area contributed by atoms with Crippen molar-refractivity contribution in [3.8, 4) is 6.07 Å². The highest BCUT2D eigenvalue weighted by Gasteiger charge is 2.16. The molecule has 0 aliphatic carbocycles. The first-order valence-electron chi connectivity index (χ1n) is 5.85. The lowest BCUT2D eigenvalue weighted by atomic mass is 10.1. The zero-order valence-electron chi connectivity index (χ0n) is 9.94. The van der Waals surface area contributed by atoms with Crippen LogP contribution in [0.15, 0.2) is 11.4 Å². The molecule has 2 N–H and O–H groups in total. The van der Waals surface area contributed by atoms with Crippen LogP contribution in [0.2, 0.25) is 0 Å². The van der Waals surface area contributed by atoms with Gasteiger partial charge in [0.15, 0.2) is 0 Å². The maximum Gasteiger partial charge on any atom is 0.225 e. The quantitative estimate of drug-likeness (QED) is 0.782. The fourth-order valence-electron chi connectivity index (χ4n) is 1.56. The minimum atomic E-state index is -0.00631. The molecule has 1 saturated heterocycles. The molecule has 96 valence electrons. The van der Waals surface area contributed by atoms with Crippen molar-refractivity contribution in [3.63, 3.8) is 0 Å². The molecule has 2 heterocycles. The summed E-state index contributed by atoms with van der Waals surface area (Å²) in [5, 5.41) is 17.3. The number of anilines is 1. The molecule has 1 aromatic heterocycles. The summed E-state index contributed by atoms with van der Waals surface area (Å²) in [6, 6.07) is 3.78. The third-order valence-electron chi connectivity index (χ3n) is 2.73. The Bertz CT molecular complexity index is 448. The van der Waals surface area contributed by atoms with Gasteiger partial charge < -0.3 is 10.6 Å². The third kappa shape index (κ3) is 3.73. The van der Waals surface area contributed by atoms with E-state index in [4.69, 9.17) is 5.26 Å². The number of nitriles is 1. The Morgan fingerprint density at radius 3 is 3.17 bits per heavy atom. The first-order chi connectivity index (χ1) is 8.79. The second-order valence-electron chi connectivity index (χ2n) is 4.17. The summed E-state index contributed by atoms with van der Waals surface area (Å²) >= 11 is 3.22. The third-order valence-corrected chi connectivity index (χ3v) is 4.76. The Labute approximate surface area is 115 Å². The Balaban J connectivity index is 1.64. The fourth-order valence-corrected chi connectivity index (χ4v) is 3.38. The van der Waals surface area contributed by atoms with Gasteiger partial charge in [-0.15, -0.1) is 11.3 Å². The van der Waals surface area contributed by atoms with E-state index in [-0.39, 0.29) is 5.91 Å². The number of nitrogens with one attached hydrogen (secondary N) is 2. The molecule has 4 nitrogen and oxygen atoms in total.